The number of nitrogens with zero attached hydrogens (tertiary/aromatic N) is 1. The summed E-state index contributed by atoms with van der Waals surface area (Å²) in [6, 6.07) is 24.6. The SMILES string of the molecule is O=C(Nc1ccc(I)cc1-c1nc2ccccc2s1)c1ccc(-c2ccc(Cl)cc2)o1. The number of carbonyl (C=O) groups excluding carboxylic acids is 1. The van der Waals surface area contributed by atoms with Gasteiger partial charge in [-0.15, -0.1) is 11.3 Å². The Morgan fingerprint density at radius 2 is 1.81 bits per heavy atom. The summed E-state index contributed by atoms with van der Waals surface area (Å²) in [7, 11) is 0. The van der Waals surface area contributed by atoms with Crippen LogP contribution in [0.15, 0.2) is 83.3 Å². The largest absolute Gasteiger partial charge is 0.451 e. The number of thiazole rings is 1. The number of hydrogen-bond donors (Lipinski definition) is 1. The molecule has 0 spiro atoms. The van der Waals surface area contributed by atoms with E-state index in [0.29, 0.717) is 16.5 Å². The topological polar surface area (TPSA) is 55.1 Å². The first kappa shape index (κ1) is 20.2. The zero-order valence-electron chi connectivity index (χ0n) is 15.9. The number of hydrogen-bond acceptors (Lipinski definition) is 4. The summed E-state index contributed by atoms with van der Waals surface area (Å²) in [4.78, 5) is 17.7. The Bertz CT molecular complexity index is 1380. The van der Waals surface area contributed by atoms with Gasteiger partial charge in [0.15, 0.2) is 5.76 Å². The molecule has 0 radical (unpaired) electrons. The quantitative estimate of drug-likeness (QED) is 0.230. The Hall–Kier alpha value is -2.68. The highest BCUT2D eigenvalue weighted by molar-refractivity contribution is 14.1. The Labute approximate surface area is 201 Å². The molecule has 152 valence electrons. The van der Waals surface area contributed by atoms with Gasteiger partial charge in [-0.3, -0.25) is 4.79 Å². The fourth-order valence-electron chi connectivity index (χ4n) is 3.20. The van der Waals surface area contributed by atoms with Crippen molar-refractivity contribution < 1.29 is 9.21 Å². The van der Waals surface area contributed by atoms with Gasteiger partial charge in [0.2, 0.25) is 0 Å². The summed E-state index contributed by atoms with van der Waals surface area (Å²) < 4.78 is 7.96. The van der Waals surface area contributed by atoms with Gasteiger partial charge in [-0.05, 0) is 89.3 Å². The van der Waals surface area contributed by atoms with E-state index in [-0.39, 0.29) is 11.7 Å². The standard InChI is InChI=1S/C24H14ClIN2O2S/c25-15-7-5-14(6-8-15)20-11-12-21(30-20)23(29)27-18-10-9-16(26)13-17(18)24-28-19-3-1-2-4-22(19)31-24/h1-13H,(H,27,29). The van der Waals surface area contributed by atoms with Crippen molar-refractivity contribution in [2.24, 2.45) is 0 Å². The average molecular weight is 557 g/mol. The first-order valence-electron chi connectivity index (χ1n) is 9.39. The molecule has 5 aromatic rings. The molecule has 0 unspecified atom stereocenters. The second-order valence-corrected chi connectivity index (χ2v) is 9.51. The summed E-state index contributed by atoms with van der Waals surface area (Å²) in [5.41, 5.74) is 3.37. The van der Waals surface area contributed by atoms with Crippen molar-refractivity contribution in [1.29, 1.82) is 0 Å². The maximum absolute atomic E-state index is 12.9. The van der Waals surface area contributed by atoms with E-state index in [0.717, 1.165) is 29.9 Å². The van der Waals surface area contributed by atoms with E-state index in [2.05, 4.69) is 27.9 Å². The molecule has 2 aromatic heterocycles. The van der Waals surface area contributed by atoms with E-state index in [1.807, 2.05) is 54.6 Å². The monoisotopic (exact) mass is 556 g/mol. The lowest BCUT2D eigenvalue weighted by Gasteiger charge is -2.09. The average Bonchev–Trinajstić information content (AvgIpc) is 3.43. The van der Waals surface area contributed by atoms with Gasteiger partial charge in [0, 0.05) is 19.7 Å². The summed E-state index contributed by atoms with van der Waals surface area (Å²) in [6.07, 6.45) is 0. The van der Waals surface area contributed by atoms with Crippen LogP contribution < -0.4 is 5.32 Å². The number of benzene rings is 3. The zero-order chi connectivity index (χ0) is 21.4. The van der Waals surface area contributed by atoms with Crippen molar-refractivity contribution in [3.63, 3.8) is 0 Å². The van der Waals surface area contributed by atoms with Crippen molar-refractivity contribution in [3.8, 4) is 21.9 Å². The third kappa shape index (κ3) is 4.23. The Kier molecular flexibility index (Phi) is 5.52. The second-order valence-electron chi connectivity index (χ2n) is 6.80. The number of para-hydroxylation sites is 1. The number of amides is 1. The molecule has 0 saturated heterocycles. The minimum Gasteiger partial charge on any atom is -0.451 e. The summed E-state index contributed by atoms with van der Waals surface area (Å²) in [5.74, 6) is 0.526. The highest BCUT2D eigenvalue weighted by Crippen LogP contribution is 2.36. The highest BCUT2D eigenvalue weighted by atomic mass is 127. The van der Waals surface area contributed by atoms with E-state index in [9.17, 15) is 4.79 Å². The van der Waals surface area contributed by atoms with E-state index in [1.165, 1.54) is 0 Å². The van der Waals surface area contributed by atoms with Gasteiger partial charge < -0.3 is 9.73 Å². The van der Waals surface area contributed by atoms with Crippen molar-refractivity contribution in [2.45, 2.75) is 0 Å². The molecule has 0 bridgehead atoms. The maximum Gasteiger partial charge on any atom is 0.291 e. The van der Waals surface area contributed by atoms with Gasteiger partial charge >= 0.3 is 0 Å². The molecule has 0 fully saturated rings. The molecule has 5 rings (SSSR count). The van der Waals surface area contributed by atoms with Crippen LogP contribution in [-0.2, 0) is 0 Å². The van der Waals surface area contributed by atoms with Crippen LogP contribution in [0.4, 0.5) is 5.69 Å². The minimum absolute atomic E-state index is 0.235. The molecular weight excluding hydrogens is 543 g/mol. The van der Waals surface area contributed by atoms with Crippen molar-refractivity contribution in [3.05, 3.63) is 93.2 Å². The summed E-state index contributed by atoms with van der Waals surface area (Å²) in [5, 5.41) is 4.49. The second kappa shape index (κ2) is 8.45. The molecule has 0 aliphatic carbocycles. The van der Waals surface area contributed by atoms with Gasteiger partial charge in [-0.25, -0.2) is 4.98 Å². The number of fused-ring (bicyclic) bond motifs is 1. The molecule has 0 atom stereocenters. The molecule has 0 saturated carbocycles. The van der Waals surface area contributed by atoms with Crippen LogP contribution in [0.1, 0.15) is 10.6 Å². The number of anilines is 1. The van der Waals surface area contributed by atoms with E-state index in [1.54, 1.807) is 35.6 Å². The normalized spacial score (nSPS) is 11.0. The molecule has 0 aliphatic heterocycles. The van der Waals surface area contributed by atoms with Gasteiger partial charge in [0.25, 0.3) is 5.91 Å². The lowest BCUT2D eigenvalue weighted by Crippen LogP contribution is -2.11. The maximum atomic E-state index is 12.9. The summed E-state index contributed by atoms with van der Waals surface area (Å²) in [6.45, 7) is 0. The zero-order valence-corrected chi connectivity index (χ0v) is 19.7. The third-order valence-corrected chi connectivity index (χ3v) is 6.71. The first-order chi connectivity index (χ1) is 15.1. The van der Waals surface area contributed by atoms with Gasteiger partial charge in [-0.1, -0.05) is 23.7 Å². The van der Waals surface area contributed by atoms with Crippen LogP contribution in [0.5, 0.6) is 0 Å². The van der Waals surface area contributed by atoms with Crippen LogP contribution in [0, 0.1) is 3.57 Å². The number of carbonyl (C=O) groups is 1. The van der Waals surface area contributed by atoms with Gasteiger partial charge in [0.05, 0.1) is 15.9 Å². The van der Waals surface area contributed by atoms with Crippen molar-refractivity contribution in [2.75, 3.05) is 5.32 Å². The van der Waals surface area contributed by atoms with Crippen LogP contribution in [0.2, 0.25) is 5.02 Å². The van der Waals surface area contributed by atoms with Gasteiger partial charge in [-0.2, -0.15) is 0 Å². The van der Waals surface area contributed by atoms with E-state index in [4.69, 9.17) is 21.0 Å². The number of nitrogens with one attached hydrogen (secondary N) is 1. The van der Waals surface area contributed by atoms with Gasteiger partial charge in [0.1, 0.15) is 10.8 Å². The lowest BCUT2D eigenvalue weighted by molar-refractivity contribution is 0.0997. The lowest BCUT2D eigenvalue weighted by atomic mass is 10.2. The first-order valence-corrected chi connectivity index (χ1v) is 11.7. The number of furan rings is 1. The predicted molar refractivity (Wildman–Crippen MR) is 135 cm³/mol. The molecule has 7 heteroatoms. The molecule has 1 N–H and O–H groups in total. The van der Waals surface area contributed by atoms with Crippen LogP contribution in [-0.4, -0.2) is 10.9 Å². The predicted octanol–water partition coefficient (Wildman–Crippen LogP) is 7.73. The number of rotatable bonds is 4. The minimum atomic E-state index is -0.316. The van der Waals surface area contributed by atoms with Crippen LogP contribution in [0.3, 0.4) is 0 Å². The van der Waals surface area contributed by atoms with Crippen LogP contribution >= 0.6 is 45.5 Å². The van der Waals surface area contributed by atoms with Crippen molar-refractivity contribution in [1.82, 2.24) is 4.98 Å². The molecule has 3 aromatic carbocycles. The Balaban J connectivity index is 1.45. The van der Waals surface area contributed by atoms with Crippen molar-refractivity contribution >= 4 is 67.3 Å². The molecule has 31 heavy (non-hydrogen) atoms. The van der Waals surface area contributed by atoms with E-state index < -0.39 is 0 Å². The molecular formula is C24H14ClIN2O2S. The molecule has 1 amide bonds. The fourth-order valence-corrected chi connectivity index (χ4v) is 4.82. The van der Waals surface area contributed by atoms with E-state index >= 15 is 0 Å². The third-order valence-electron chi connectivity index (χ3n) is 4.71. The molecule has 4 nitrogen and oxygen atoms in total. The Morgan fingerprint density at radius 3 is 2.61 bits per heavy atom. The summed E-state index contributed by atoms with van der Waals surface area (Å²) >= 11 is 9.81. The number of aromatic nitrogens is 1. The number of halogens is 2. The molecule has 2 heterocycles. The Morgan fingerprint density at radius 1 is 1.00 bits per heavy atom. The fraction of sp³-hybridized carbons (Fsp3) is 0. The van der Waals surface area contributed by atoms with Crippen LogP contribution in [0.25, 0.3) is 32.1 Å². The molecule has 0 aliphatic rings. The highest BCUT2D eigenvalue weighted by Gasteiger charge is 2.17. The smallest absolute Gasteiger partial charge is 0.291 e.